The Kier molecular flexibility index (Phi) is 6.34. The number of hydrogen-bond acceptors (Lipinski definition) is 5. The lowest BCUT2D eigenvalue weighted by Gasteiger charge is -2.37. The van der Waals surface area contributed by atoms with Crippen LogP contribution < -0.4 is 0 Å². The molecular formula is C20H21ClFN3O4S2. The zero-order valence-electron chi connectivity index (χ0n) is 16.5. The van der Waals surface area contributed by atoms with Crippen LogP contribution in [0.25, 0.3) is 0 Å². The van der Waals surface area contributed by atoms with Crippen molar-refractivity contribution in [2.75, 3.05) is 32.7 Å². The molecule has 0 saturated carbocycles. The summed E-state index contributed by atoms with van der Waals surface area (Å²) in [5.74, 6) is -1.07. The number of halogens is 2. The fourth-order valence-electron chi connectivity index (χ4n) is 3.97. The Labute approximate surface area is 189 Å². The van der Waals surface area contributed by atoms with Gasteiger partial charge in [0, 0.05) is 32.7 Å². The standard InChI is InChI=1S/C20H21ClFN3O4S2/c21-16-13-14(22)5-6-15(16)19(26)23-8-10-24(11-9-23)20(27)17-3-1-7-25(17)31(28,29)18-4-2-12-30-18/h2,4-6,12-13,17H,1,3,7-11H2. The zero-order chi connectivity index (χ0) is 22.2. The molecule has 2 aromatic rings. The predicted molar refractivity (Wildman–Crippen MR) is 115 cm³/mol. The third kappa shape index (κ3) is 4.34. The molecule has 2 aliphatic heterocycles. The Morgan fingerprint density at radius 3 is 2.42 bits per heavy atom. The summed E-state index contributed by atoms with van der Waals surface area (Å²) in [6.07, 6.45) is 1.11. The molecule has 2 fully saturated rings. The van der Waals surface area contributed by atoms with E-state index in [2.05, 4.69) is 0 Å². The second kappa shape index (κ2) is 8.85. The normalized spacial score (nSPS) is 20.3. The van der Waals surface area contributed by atoms with Gasteiger partial charge in [-0.1, -0.05) is 17.7 Å². The van der Waals surface area contributed by atoms with Crippen molar-refractivity contribution in [2.24, 2.45) is 0 Å². The SMILES string of the molecule is O=C(c1ccc(F)cc1Cl)N1CCN(C(=O)C2CCCN2S(=O)(=O)c2cccs2)CC1. The lowest BCUT2D eigenvalue weighted by molar-refractivity contribution is -0.136. The third-order valence-corrected chi connectivity index (χ3v) is 9.18. The zero-order valence-corrected chi connectivity index (χ0v) is 18.9. The minimum absolute atomic E-state index is 0.0453. The van der Waals surface area contributed by atoms with Crippen LogP contribution in [-0.4, -0.2) is 73.1 Å². The Bertz CT molecular complexity index is 1090. The average molecular weight is 486 g/mol. The number of amides is 2. The van der Waals surface area contributed by atoms with Gasteiger partial charge in [-0.2, -0.15) is 4.31 Å². The fraction of sp³-hybridized carbons (Fsp3) is 0.400. The first-order chi connectivity index (χ1) is 14.8. The number of sulfonamides is 1. The molecule has 0 bridgehead atoms. The van der Waals surface area contributed by atoms with Gasteiger partial charge in [0.15, 0.2) is 0 Å². The van der Waals surface area contributed by atoms with Crippen LogP contribution in [0.4, 0.5) is 4.39 Å². The molecule has 0 radical (unpaired) electrons. The molecule has 4 rings (SSSR count). The van der Waals surface area contributed by atoms with Gasteiger partial charge in [0.25, 0.3) is 15.9 Å². The van der Waals surface area contributed by atoms with E-state index in [1.54, 1.807) is 27.3 Å². The maximum atomic E-state index is 13.2. The first-order valence-corrected chi connectivity index (χ1v) is 12.6. The summed E-state index contributed by atoms with van der Waals surface area (Å²) in [6.45, 7) is 1.50. The molecule has 1 atom stereocenters. The molecule has 1 aromatic heterocycles. The minimum Gasteiger partial charge on any atom is -0.338 e. The molecule has 1 aromatic carbocycles. The molecule has 2 aliphatic rings. The highest BCUT2D eigenvalue weighted by Crippen LogP contribution is 2.30. The number of rotatable bonds is 4. The number of thiophene rings is 1. The van der Waals surface area contributed by atoms with Gasteiger partial charge in [-0.15, -0.1) is 11.3 Å². The van der Waals surface area contributed by atoms with Crippen LogP contribution in [0.2, 0.25) is 5.02 Å². The highest BCUT2D eigenvalue weighted by atomic mass is 35.5. The van der Waals surface area contributed by atoms with E-state index in [-0.39, 0.29) is 26.6 Å². The van der Waals surface area contributed by atoms with Crippen LogP contribution in [-0.2, 0) is 14.8 Å². The van der Waals surface area contributed by atoms with Crippen molar-refractivity contribution < 1.29 is 22.4 Å². The van der Waals surface area contributed by atoms with Gasteiger partial charge in [0.05, 0.1) is 10.6 Å². The van der Waals surface area contributed by atoms with Gasteiger partial charge in [-0.3, -0.25) is 9.59 Å². The van der Waals surface area contributed by atoms with Gasteiger partial charge in [0.2, 0.25) is 5.91 Å². The van der Waals surface area contributed by atoms with Crippen LogP contribution in [0.5, 0.6) is 0 Å². The van der Waals surface area contributed by atoms with E-state index in [1.165, 1.54) is 16.4 Å². The smallest absolute Gasteiger partial charge is 0.255 e. The van der Waals surface area contributed by atoms with Crippen LogP contribution in [0.15, 0.2) is 39.9 Å². The van der Waals surface area contributed by atoms with Crippen LogP contribution in [0.3, 0.4) is 0 Å². The quantitative estimate of drug-likeness (QED) is 0.667. The lowest BCUT2D eigenvalue weighted by atomic mass is 10.1. The topological polar surface area (TPSA) is 78.0 Å². The van der Waals surface area contributed by atoms with Gasteiger partial charge < -0.3 is 9.80 Å². The number of benzene rings is 1. The van der Waals surface area contributed by atoms with Crippen molar-refractivity contribution >= 4 is 44.8 Å². The predicted octanol–water partition coefficient (Wildman–Crippen LogP) is 2.68. The van der Waals surface area contributed by atoms with E-state index in [4.69, 9.17) is 11.6 Å². The summed E-state index contributed by atoms with van der Waals surface area (Å²) in [5, 5.41) is 1.74. The molecule has 0 N–H and O–H groups in total. The van der Waals surface area contributed by atoms with Crippen LogP contribution in [0, 0.1) is 5.82 Å². The van der Waals surface area contributed by atoms with Crippen LogP contribution >= 0.6 is 22.9 Å². The summed E-state index contributed by atoms with van der Waals surface area (Å²) in [5.41, 5.74) is 0.215. The van der Waals surface area contributed by atoms with Crippen molar-refractivity contribution in [3.05, 3.63) is 52.1 Å². The van der Waals surface area contributed by atoms with E-state index in [0.717, 1.165) is 17.4 Å². The molecule has 1 unspecified atom stereocenters. The van der Waals surface area contributed by atoms with E-state index in [0.29, 0.717) is 45.6 Å². The number of carbonyl (C=O) groups is 2. The molecule has 2 saturated heterocycles. The summed E-state index contributed by atoms with van der Waals surface area (Å²) >= 11 is 7.13. The van der Waals surface area contributed by atoms with Crippen molar-refractivity contribution in [1.29, 1.82) is 0 Å². The summed E-state index contributed by atoms with van der Waals surface area (Å²) in [4.78, 5) is 29.0. The highest BCUT2D eigenvalue weighted by Gasteiger charge is 2.42. The first kappa shape index (κ1) is 22.2. The number of carbonyl (C=O) groups excluding carboxylic acids is 2. The fourth-order valence-corrected chi connectivity index (χ4v) is 6.99. The van der Waals surface area contributed by atoms with Crippen LogP contribution in [0.1, 0.15) is 23.2 Å². The second-order valence-corrected chi connectivity index (χ2v) is 10.9. The monoisotopic (exact) mass is 485 g/mol. The summed E-state index contributed by atoms with van der Waals surface area (Å²) < 4.78 is 40.6. The number of piperazine rings is 1. The van der Waals surface area contributed by atoms with Crippen molar-refractivity contribution in [2.45, 2.75) is 23.1 Å². The van der Waals surface area contributed by atoms with Crippen molar-refractivity contribution in [1.82, 2.24) is 14.1 Å². The van der Waals surface area contributed by atoms with Gasteiger partial charge in [-0.25, -0.2) is 12.8 Å². The summed E-state index contributed by atoms with van der Waals surface area (Å²) in [6, 6.07) is 6.13. The first-order valence-electron chi connectivity index (χ1n) is 9.87. The Morgan fingerprint density at radius 1 is 1.06 bits per heavy atom. The molecule has 7 nitrogen and oxygen atoms in total. The van der Waals surface area contributed by atoms with E-state index < -0.39 is 21.9 Å². The number of hydrogen-bond donors (Lipinski definition) is 0. The third-order valence-electron chi connectivity index (χ3n) is 5.59. The van der Waals surface area contributed by atoms with Gasteiger partial charge in [0.1, 0.15) is 16.1 Å². The molecule has 0 aliphatic carbocycles. The Balaban J connectivity index is 1.41. The Morgan fingerprint density at radius 2 is 1.77 bits per heavy atom. The van der Waals surface area contributed by atoms with E-state index in [1.807, 2.05) is 0 Å². The molecule has 0 spiro atoms. The largest absolute Gasteiger partial charge is 0.338 e. The molecular weight excluding hydrogens is 465 g/mol. The average Bonchev–Trinajstić information content (AvgIpc) is 3.45. The van der Waals surface area contributed by atoms with Gasteiger partial charge in [-0.05, 0) is 42.5 Å². The van der Waals surface area contributed by atoms with Crippen molar-refractivity contribution in [3.63, 3.8) is 0 Å². The summed E-state index contributed by atoms with van der Waals surface area (Å²) in [7, 11) is -3.70. The molecule has 31 heavy (non-hydrogen) atoms. The lowest BCUT2D eigenvalue weighted by Crippen LogP contribution is -2.55. The molecule has 166 valence electrons. The minimum atomic E-state index is -3.70. The number of nitrogens with zero attached hydrogens (tertiary/aromatic N) is 3. The molecule has 3 heterocycles. The Hall–Kier alpha value is -2.01. The highest BCUT2D eigenvalue weighted by molar-refractivity contribution is 7.91. The maximum Gasteiger partial charge on any atom is 0.255 e. The molecule has 11 heteroatoms. The van der Waals surface area contributed by atoms with E-state index in [9.17, 15) is 22.4 Å². The van der Waals surface area contributed by atoms with E-state index >= 15 is 0 Å². The second-order valence-electron chi connectivity index (χ2n) is 7.45. The maximum absolute atomic E-state index is 13.2. The van der Waals surface area contributed by atoms with Gasteiger partial charge >= 0.3 is 0 Å². The molecule has 2 amide bonds. The van der Waals surface area contributed by atoms with Crippen molar-refractivity contribution in [3.8, 4) is 0 Å².